The van der Waals surface area contributed by atoms with E-state index in [1.54, 1.807) is 6.20 Å². The van der Waals surface area contributed by atoms with E-state index < -0.39 is 0 Å². The van der Waals surface area contributed by atoms with Crippen molar-refractivity contribution in [3.05, 3.63) is 24.4 Å². The van der Waals surface area contributed by atoms with Crippen LogP contribution in [0.2, 0.25) is 0 Å². The van der Waals surface area contributed by atoms with Gasteiger partial charge in [0.05, 0.1) is 0 Å². The van der Waals surface area contributed by atoms with Gasteiger partial charge in [0, 0.05) is 6.20 Å². The van der Waals surface area contributed by atoms with Crippen molar-refractivity contribution in [1.82, 2.24) is 4.98 Å². The summed E-state index contributed by atoms with van der Waals surface area (Å²) in [5.41, 5.74) is 0. The summed E-state index contributed by atoms with van der Waals surface area (Å²) in [7, 11) is 1.35. The highest BCUT2D eigenvalue weighted by Gasteiger charge is 1.83. The molecule has 0 N–H and O–H groups in total. The Morgan fingerprint density at radius 2 is 2.10 bits per heavy atom. The summed E-state index contributed by atoms with van der Waals surface area (Å²) in [4.78, 5) is 3.98. The molecule has 0 bridgehead atoms. The van der Waals surface area contributed by atoms with Crippen LogP contribution >= 0.6 is 22.5 Å². The molecule has 0 saturated heterocycles. The van der Waals surface area contributed by atoms with Gasteiger partial charge in [-0.25, -0.2) is 4.98 Å². The monoisotopic (exact) mass is 173 g/mol. The average molecular weight is 173 g/mol. The van der Waals surface area contributed by atoms with Gasteiger partial charge in [-0.2, -0.15) is 0 Å². The number of thiol groups is 1. The number of hydrogen-bond donors (Lipinski definition) is 1. The van der Waals surface area contributed by atoms with Gasteiger partial charge in [0.1, 0.15) is 5.03 Å². The summed E-state index contributed by atoms with van der Waals surface area (Å²) in [5, 5.41) is 0.941. The number of hydrogen-bond acceptors (Lipinski definition) is 3. The molecule has 0 aliphatic rings. The lowest BCUT2D eigenvalue weighted by Gasteiger charge is -1.87. The fourth-order valence-corrected chi connectivity index (χ4v) is 0.973. The maximum Gasteiger partial charge on any atom is 0.106 e. The van der Waals surface area contributed by atoms with Crippen LogP contribution in [-0.2, 0) is 0 Å². The fraction of sp³-hybridized carbons (Fsp3) is 0.286. The van der Waals surface area contributed by atoms with Gasteiger partial charge in [-0.3, -0.25) is 0 Å². The van der Waals surface area contributed by atoms with Gasteiger partial charge in [-0.1, -0.05) is 19.9 Å². The average Bonchev–Trinajstić information content (AvgIpc) is 2.10. The smallest absolute Gasteiger partial charge is 0.106 e. The lowest BCUT2D eigenvalue weighted by molar-refractivity contribution is 1.14. The van der Waals surface area contributed by atoms with Crippen molar-refractivity contribution < 1.29 is 0 Å². The van der Waals surface area contributed by atoms with E-state index in [9.17, 15) is 0 Å². The molecule has 0 spiro atoms. The van der Waals surface area contributed by atoms with Gasteiger partial charge in [0.15, 0.2) is 0 Å². The Bertz CT molecular complexity index is 153. The zero-order valence-corrected chi connectivity index (χ0v) is 7.82. The minimum atomic E-state index is 0.941. The van der Waals surface area contributed by atoms with Gasteiger partial charge < -0.3 is 0 Å². The molecule has 3 heteroatoms. The highest BCUT2D eigenvalue weighted by molar-refractivity contribution is 8.68. The Labute approximate surface area is 71.1 Å². The lowest BCUT2D eigenvalue weighted by atomic mass is 10.5. The minimum Gasteiger partial charge on any atom is -0.249 e. The van der Waals surface area contributed by atoms with Crippen LogP contribution in [0.25, 0.3) is 0 Å². The van der Waals surface area contributed by atoms with E-state index in [0.29, 0.717) is 0 Å². The summed E-state index contributed by atoms with van der Waals surface area (Å²) in [6.45, 7) is 4.00. The Balaban J connectivity index is 0.000000371. The summed E-state index contributed by atoms with van der Waals surface area (Å²) in [6.07, 6.45) is 1.75. The van der Waals surface area contributed by atoms with Crippen LogP contribution in [0.5, 0.6) is 0 Å². The first-order chi connectivity index (χ1) is 4.93. The number of pyridine rings is 1. The highest BCUT2D eigenvalue weighted by atomic mass is 33.1. The van der Waals surface area contributed by atoms with Gasteiger partial charge >= 0.3 is 0 Å². The summed E-state index contributed by atoms with van der Waals surface area (Å²) in [5.74, 6) is 0. The second-order valence-electron chi connectivity index (χ2n) is 1.26. The summed E-state index contributed by atoms with van der Waals surface area (Å²) in [6, 6.07) is 5.73. The van der Waals surface area contributed by atoms with E-state index in [1.165, 1.54) is 10.8 Å². The van der Waals surface area contributed by atoms with Crippen molar-refractivity contribution in [2.75, 3.05) is 0 Å². The van der Waals surface area contributed by atoms with Crippen LogP contribution in [0, 0.1) is 0 Å². The maximum absolute atomic E-state index is 3.98. The first-order valence-corrected chi connectivity index (χ1v) is 5.03. The molecule has 0 unspecified atom stereocenters. The van der Waals surface area contributed by atoms with Crippen molar-refractivity contribution in [3.63, 3.8) is 0 Å². The zero-order valence-electron chi connectivity index (χ0n) is 6.11. The molecule has 1 rings (SSSR count). The molecule has 0 atom stereocenters. The predicted octanol–water partition coefficient (Wildman–Crippen LogP) is 3.04. The molecule has 1 heterocycles. The van der Waals surface area contributed by atoms with Crippen LogP contribution in [0.1, 0.15) is 13.8 Å². The van der Waals surface area contributed by atoms with E-state index in [0.717, 1.165) is 5.03 Å². The van der Waals surface area contributed by atoms with E-state index >= 15 is 0 Å². The molecule has 1 aromatic rings. The largest absolute Gasteiger partial charge is 0.249 e. The first kappa shape index (κ1) is 9.85. The molecule has 0 aliphatic heterocycles. The predicted molar refractivity (Wildman–Crippen MR) is 50.4 cm³/mol. The molecular formula is C7H11NS2. The minimum absolute atomic E-state index is 0.941. The third kappa shape index (κ3) is 3.80. The Morgan fingerprint density at radius 3 is 2.40 bits per heavy atom. The van der Waals surface area contributed by atoms with E-state index in [2.05, 4.69) is 16.6 Å². The van der Waals surface area contributed by atoms with Crippen LogP contribution < -0.4 is 0 Å². The van der Waals surface area contributed by atoms with E-state index in [1.807, 2.05) is 32.0 Å². The standard InChI is InChI=1S/C5H5NS2.C2H6/c7-8-5-3-1-2-4-6-5;1-2/h1-4,7H;1-2H3. The number of aromatic nitrogens is 1. The highest BCUT2D eigenvalue weighted by Crippen LogP contribution is 2.16. The van der Waals surface area contributed by atoms with Gasteiger partial charge in [-0.05, 0) is 22.9 Å². The summed E-state index contributed by atoms with van der Waals surface area (Å²) < 4.78 is 0. The van der Waals surface area contributed by atoms with Crippen molar-refractivity contribution in [3.8, 4) is 0 Å². The molecule has 0 aliphatic carbocycles. The third-order valence-electron chi connectivity index (χ3n) is 0.731. The number of rotatable bonds is 1. The van der Waals surface area contributed by atoms with Crippen LogP contribution in [0.4, 0.5) is 0 Å². The zero-order chi connectivity index (χ0) is 7.82. The maximum atomic E-state index is 3.98. The van der Waals surface area contributed by atoms with Crippen molar-refractivity contribution in [1.29, 1.82) is 0 Å². The normalized spacial score (nSPS) is 7.90. The molecular weight excluding hydrogens is 162 g/mol. The van der Waals surface area contributed by atoms with Crippen LogP contribution in [-0.4, -0.2) is 4.98 Å². The molecule has 56 valence electrons. The van der Waals surface area contributed by atoms with Gasteiger partial charge in [0.25, 0.3) is 0 Å². The Morgan fingerprint density at radius 1 is 1.40 bits per heavy atom. The molecule has 0 fully saturated rings. The van der Waals surface area contributed by atoms with Crippen LogP contribution in [0.15, 0.2) is 29.4 Å². The quantitative estimate of drug-likeness (QED) is 0.518. The second-order valence-corrected chi connectivity index (χ2v) is 2.41. The molecule has 1 aromatic heterocycles. The SMILES string of the molecule is CC.SSc1ccccn1. The second kappa shape index (κ2) is 6.96. The molecule has 0 amide bonds. The van der Waals surface area contributed by atoms with Crippen LogP contribution in [0.3, 0.4) is 0 Å². The molecule has 0 saturated carbocycles. The van der Waals surface area contributed by atoms with Gasteiger partial charge in [0.2, 0.25) is 0 Å². The molecule has 1 nitrogen and oxygen atoms in total. The van der Waals surface area contributed by atoms with E-state index in [-0.39, 0.29) is 0 Å². The van der Waals surface area contributed by atoms with Crippen molar-refractivity contribution in [2.45, 2.75) is 18.9 Å². The first-order valence-electron chi connectivity index (χ1n) is 3.16. The van der Waals surface area contributed by atoms with Crippen molar-refractivity contribution in [2.24, 2.45) is 0 Å². The van der Waals surface area contributed by atoms with Gasteiger partial charge in [-0.15, -0.1) is 11.7 Å². The lowest BCUT2D eigenvalue weighted by Crippen LogP contribution is -1.69. The Kier molecular flexibility index (Phi) is 6.86. The topological polar surface area (TPSA) is 12.9 Å². The molecule has 0 aromatic carbocycles. The Hall–Kier alpha value is -0.150. The van der Waals surface area contributed by atoms with Crippen molar-refractivity contribution >= 4 is 22.5 Å². The third-order valence-corrected chi connectivity index (χ3v) is 1.72. The van der Waals surface area contributed by atoms with E-state index in [4.69, 9.17) is 0 Å². The summed E-state index contributed by atoms with van der Waals surface area (Å²) >= 11 is 3.96. The molecule has 10 heavy (non-hydrogen) atoms. The fourth-order valence-electron chi connectivity index (χ4n) is 0.401. The number of nitrogens with zero attached hydrogens (tertiary/aromatic N) is 1. The molecule has 0 radical (unpaired) electrons.